The number of benzene rings is 2. The predicted molar refractivity (Wildman–Crippen MR) is 187 cm³/mol. The van der Waals surface area contributed by atoms with Gasteiger partial charge in [0.05, 0.1) is 30.7 Å². The predicted octanol–water partition coefficient (Wildman–Crippen LogP) is 5.63. The summed E-state index contributed by atoms with van der Waals surface area (Å²) in [5.41, 5.74) is 8.36. The average molecular weight is 767 g/mol. The van der Waals surface area contributed by atoms with Gasteiger partial charge in [0.1, 0.15) is 35.8 Å². The molecule has 2 aromatic carbocycles. The number of phenolic OH excluding ortho intramolecular Hbond substituents is 1. The van der Waals surface area contributed by atoms with Crippen LogP contribution in [0.4, 0.5) is 23.0 Å². The summed E-state index contributed by atoms with van der Waals surface area (Å²) < 4.78 is 37.9. The molecule has 11 nitrogen and oxygen atoms in total. The fourth-order valence-corrected chi connectivity index (χ4v) is 7.36. The van der Waals surface area contributed by atoms with Gasteiger partial charge in [-0.3, -0.25) is 15.0 Å². The molecule has 1 saturated heterocycles. The van der Waals surface area contributed by atoms with E-state index in [9.17, 15) is 32.7 Å². The highest BCUT2D eigenvalue weighted by atomic mass is 35.5. The van der Waals surface area contributed by atoms with E-state index in [0.717, 1.165) is 74.1 Å². The van der Waals surface area contributed by atoms with Crippen LogP contribution in [0.25, 0.3) is 0 Å². The summed E-state index contributed by atoms with van der Waals surface area (Å²) in [6.07, 6.45) is 1.46. The largest absolute Gasteiger partial charge is 0.542 e. The highest BCUT2D eigenvalue weighted by Gasteiger charge is 2.41. The number of likely N-dealkylation sites (tertiary alicyclic amines) is 1. The zero-order valence-electron chi connectivity index (χ0n) is 28.6. The number of nitrogens with two attached hydrogens (primary N) is 1. The van der Waals surface area contributed by atoms with E-state index < -0.39 is 36.1 Å². The number of esters is 1. The maximum Gasteiger partial charge on any atom is 0.430 e. The molecule has 1 unspecified atom stereocenters. The third-order valence-electron chi connectivity index (χ3n) is 8.99. The van der Waals surface area contributed by atoms with Crippen molar-refractivity contribution >= 4 is 51.8 Å². The molecule has 16 heteroatoms. The van der Waals surface area contributed by atoms with Crippen LogP contribution < -0.4 is 16.2 Å². The molecule has 52 heavy (non-hydrogen) atoms. The fourth-order valence-electron chi connectivity index (χ4n) is 6.46. The molecule has 0 bridgehead atoms. The van der Waals surface area contributed by atoms with Crippen LogP contribution in [0, 0.1) is 0 Å². The first-order valence-electron chi connectivity index (χ1n) is 16.9. The van der Waals surface area contributed by atoms with Gasteiger partial charge in [0.15, 0.2) is 0 Å². The van der Waals surface area contributed by atoms with Gasteiger partial charge in [-0.2, -0.15) is 13.2 Å². The molecule has 3 aromatic rings. The molecule has 1 aliphatic heterocycles. The minimum Gasteiger partial charge on any atom is -0.542 e. The summed E-state index contributed by atoms with van der Waals surface area (Å²) in [6, 6.07) is 15.7. The Balaban J connectivity index is 0.000000785. The lowest BCUT2D eigenvalue weighted by Gasteiger charge is -2.44. The van der Waals surface area contributed by atoms with Crippen LogP contribution >= 0.6 is 22.9 Å². The average Bonchev–Trinajstić information content (AvgIpc) is 3.56. The summed E-state index contributed by atoms with van der Waals surface area (Å²) in [5, 5.41) is 22.4. The van der Waals surface area contributed by atoms with Gasteiger partial charge < -0.3 is 30.0 Å². The number of carbonyl (C=O) groups is 4. The van der Waals surface area contributed by atoms with Crippen LogP contribution in [0.2, 0.25) is 5.02 Å². The smallest absolute Gasteiger partial charge is 0.430 e. The van der Waals surface area contributed by atoms with E-state index in [2.05, 4.69) is 12.4 Å². The van der Waals surface area contributed by atoms with E-state index in [1.54, 1.807) is 36.4 Å². The highest BCUT2D eigenvalue weighted by Crippen LogP contribution is 2.29. The number of aliphatic carboxylic acids is 1. The number of carboxylic acids is 1. The molecule has 282 valence electrons. The lowest BCUT2D eigenvalue weighted by atomic mass is 9.98. The number of ether oxygens (including phenoxy) is 1. The number of halogens is 4. The fraction of sp³-hybridized carbons (Fsp3) is 0.444. The van der Waals surface area contributed by atoms with Crippen molar-refractivity contribution in [1.82, 2.24) is 4.90 Å². The molecular formula is C36H42ClF3N4O7S. The molecular weight excluding hydrogens is 725 g/mol. The van der Waals surface area contributed by atoms with Crippen LogP contribution in [-0.4, -0.2) is 82.9 Å². The Bertz CT molecular complexity index is 1680. The monoisotopic (exact) mass is 766 g/mol. The maximum atomic E-state index is 14.0. The van der Waals surface area contributed by atoms with Gasteiger partial charge in [-0.25, -0.2) is 9.59 Å². The summed E-state index contributed by atoms with van der Waals surface area (Å²) in [6.45, 7) is 2.20. The van der Waals surface area contributed by atoms with Gasteiger partial charge in [0.25, 0.3) is 0 Å². The van der Waals surface area contributed by atoms with E-state index in [-0.39, 0.29) is 24.3 Å². The first-order valence-corrected chi connectivity index (χ1v) is 18.1. The quantitative estimate of drug-likeness (QED) is 0.186. The molecule has 1 aliphatic carbocycles. The number of carbonyl (C=O) groups excluding carboxylic acids is 4. The number of piperidine rings is 1. The zero-order chi connectivity index (χ0) is 38.1. The number of aromatic hydroxyl groups is 1. The summed E-state index contributed by atoms with van der Waals surface area (Å²) in [7, 11) is 2.14. The standard InChI is InChI=1S/C34H41ClN4O5S.C2HF3O2/c1-39(21-24-9-13-25(35)14-10-24)19-5-6-26(22-39)38(32(41)29(36)20-23-11-15-27(40)16-12-23)34(43)37-31-18-17-30(45-31)33(42)44-28-7-3-2-4-8-28;3-2(4,5)1(6)7/h9-18,26,28-29H,2-8,19-22,36H2,1H3,(H-,37,40,42,43);(H,6,7)/t26-,29-,39?;/m0./s1. The van der Waals surface area contributed by atoms with E-state index >= 15 is 0 Å². The molecule has 0 spiro atoms. The topological polar surface area (TPSA) is 162 Å². The zero-order valence-corrected chi connectivity index (χ0v) is 30.1. The molecule has 1 saturated carbocycles. The van der Waals surface area contributed by atoms with Gasteiger partial charge in [0, 0.05) is 10.6 Å². The normalized spacial score (nSPS) is 19.8. The minimum atomic E-state index is -5.19. The van der Waals surface area contributed by atoms with Gasteiger partial charge in [-0.1, -0.05) is 42.3 Å². The number of hydrogen-bond acceptors (Lipinski definition) is 9. The number of imide groups is 1. The van der Waals surface area contributed by atoms with Crippen molar-refractivity contribution in [1.29, 1.82) is 0 Å². The second-order valence-corrected chi connectivity index (χ2v) is 14.9. The van der Waals surface area contributed by atoms with Gasteiger partial charge >= 0.3 is 18.2 Å². The van der Waals surface area contributed by atoms with Crippen LogP contribution in [0.15, 0.2) is 60.7 Å². The first kappa shape index (κ1) is 40.6. The number of alkyl halides is 3. The molecule has 0 radical (unpaired) electrons. The number of hydrogen-bond donors (Lipinski definition) is 3. The third kappa shape index (κ3) is 11.9. The Kier molecular flexibility index (Phi) is 14.1. The lowest BCUT2D eigenvalue weighted by Crippen LogP contribution is -2.62. The lowest BCUT2D eigenvalue weighted by molar-refractivity contribution is -0.928. The molecule has 2 fully saturated rings. The molecule has 5 rings (SSSR count). The van der Waals surface area contributed by atoms with Crippen molar-refractivity contribution in [3.63, 3.8) is 0 Å². The van der Waals surface area contributed by atoms with E-state index in [1.807, 2.05) is 24.3 Å². The maximum absolute atomic E-state index is 14.0. The summed E-state index contributed by atoms with van der Waals surface area (Å²) in [5.74, 6) is -3.75. The van der Waals surface area contributed by atoms with Crippen LogP contribution in [0.1, 0.15) is 65.7 Å². The molecule has 2 aliphatic rings. The highest BCUT2D eigenvalue weighted by molar-refractivity contribution is 7.18. The summed E-state index contributed by atoms with van der Waals surface area (Å²) in [4.78, 5) is 51.2. The Morgan fingerprint density at radius 3 is 2.23 bits per heavy atom. The molecule has 3 amide bonds. The second kappa shape index (κ2) is 18.0. The Labute approximate surface area is 308 Å². The SMILES string of the molecule is C[N+]1(Cc2ccc(Cl)cc2)CCC[C@H](N(C(=O)Nc2ccc(C(=O)OC3CCCCC3)s2)C(=O)[C@@H](N)Cc2ccc(O)cc2)C1.O=C([O-])C(F)(F)F. The number of phenols is 1. The number of carboxylic acid groups (broad SMARTS) is 1. The Morgan fingerprint density at radius 2 is 1.62 bits per heavy atom. The number of anilines is 1. The van der Waals surface area contributed by atoms with Gasteiger partial charge in [-0.15, -0.1) is 11.3 Å². The van der Waals surface area contributed by atoms with Crippen molar-refractivity contribution in [2.24, 2.45) is 5.73 Å². The van der Waals surface area contributed by atoms with Crippen molar-refractivity contribution in [2.75, 3.05) is 25.5 Å². The number of amides is 3. The molecule has 3 atom stereocenters. The number of nitrogens with zero attached hydrogens (tertiary/aromatic N) is 2. The molecule has 4 N–H and O–H groups in total. The van der Waals surface area contributed by atoms with Crippen LogP contribution in [-0.2, 0) is 27.3 Å². The number of quaternary nitrogens is 1. The first-order chi connectivity index (χ1) is 24.5. The summed E-state index contributed by atoms with van der Waals surface area (Å²) >= 11 is 7.24. The van der Waals surface area contributed by atoms with Gasteiger partial charge in [0.2, 0.25) is 5.91 Å². The number of likely N-dealkylation sites (N-methyl/N-ethyl adjacent to an activating group) is 1. The number of thiophene rings is 1. The molecule has 1 aromatic heterocycles. The van der Waals surface area contributed by atoms with Crippen molar-refractivity contribution in [2.45, 2.75) is 82.3 Å². The van der Waals surface area contributed by atoms with Crippen molar-refractivity contribution in [3.8, 4) is 5.75 Å². The van der Waals surface area contributed by atoms with Gasteiger partial charge in [-0.05, 0) is 86.9 Å². The van der Waals surface area contributed by atoms with E-state index in [1.165, 1.54) is 4.90 Å². The van der Waals surface area contributed by atoms with Crippen molar-refractivity contribution in [3.05, 3.63) is 81.7 Å². The second-order valence-electron chi connectivity index (χ2n) is 13.3. The van der Waals surface area contributed by atoms with E-state index in [4.69, 9.17) is 32.0 Å². The van der Waals surface area contributed by atoms with E-state index in [0.29, 0.717) is 32.3 Å². The molecule has 2 heterocycles. The Hall–Kier alpha value is -4.18. The van der Waals surface area contributed by atoms with Crippen LogP contribution in [0.3, 0.4) is 0 Å². The van der Waals surface area contributed by atoms with Crippen molar-refractivity contribution < 1.29 is 51.8 Å². The number of rotatable bonds is 9. The number of urea groups is 1. The number of nitrogens with one attached hydrogen (secondary N) is 1. The third-order valence-corrected chi connectivity index (χ3v) is 10.2. The Morgan fingerprint density at radius 1 is 1.00 bits per heavy atom. The van der Waals surface area contributed by atoms with Crippen LogP contribution in [0.5, 0.6) is 5.75 Å². The minimum absolute atomic E-state index is 0.0683.